The van der Waals surface area contributed by atoms with Gasteiger partial charge in [0.15, 0.2) is 0 Å². The van der Waals surface area contributed by atoms with Crippen molar-refractivity contribution in [2.45, 2.75) is 25.5 Å². The SMILES string of the molecule is CO[C@@H]1CC(c2ncc[nH]2)N(C(=O)c2ccc(=O)[nH]c2C)C1. The van der Waals surface area contributed by atoms with E-state index in [0.29, 0.717) is 24.2 Å². The fraction of sp³-hybridized carbons (Fsp3) is 0.400. The van der Waals surface area contributed by atoms with E-state index in [1.165, 1.54) is 6.07 Å². The lowest BCUT2D eigenvalue weighted by atomic mass is 10.1. The zero-order valence-electron chi connectivity index (χ0n) is 12.5. The van der Waals surface area contributed by atoms with Crippen molar-refractivity contribution in [2.75, 3.05) is 13.7 Å². The van der Waals surface area contributed by atoms with Crippen LogP contribution in [-0.2, 0) is 4.74 Å². The number of H-pyrrole nitrogens is 2. The zero-order chi connectivity index (χ0) is 15.7. The summed E-state index contributed by atoms with van der Waals surface area (Å²) in [5.41, 5.74) is 0.845. The average Bonchev–Trinajstić information content (AvgIpc) is 3.15. The molecular weight excluding hydrogens is 284 g/mol. The van der Waals surface area contributed by atoms with E-state index in [-0.39, 0.29) is 23.6 Å². The van der Waals surface area contributed by atoms with E-state index < -0.39 is 0 Å². The summed E-state index contributed by atoms with van der Waals surface area (Å²) in [5, 5.41) is 0. The number of pyridine rings is 1. The van der Waals surface area contributed by atoms with Crippen LogP contribution in [0.2, 0.25) is 0 Å². The number of ether oxygens (including phenoxy) is 1. The summed E-state index contributed by atoms with van der Waals surface area (Å²) < 4.78 is 5.41. The van der Waals surface area contributed by atoms with Crippen LogP contribution < -0.4 is 5.56 Å². The molecule has 2 atom stereocenters. The van der Waals surface area contributed by atoms with Crippen LogP contribution in [0.5, 0.6) is 0 Å². The lowest BCUT2D eigenvalue weighted by molar-refractivity contribution is 0.0683. The molecule has 3 heterocycles. The van der Waals surface area contributed by atoms with Crippen LogP contribution in [-0.4, -0.2) is 45.5 Å². The van der Waals surface area contributed by atoms with Gasteiger partial charge in [-0.15, -0.1) is 0 Å². The maximum Gasteiger partial charge on any atom is 0.256 e. The number of carbonyl (C=O) groups excluding carboxylic acids is 1. The van der Waals surface area contributed by atoms with Gasteiger partial charge in [0.2, 0.25) is 5.56 Å². The molecule has 0 saturated carbocycles. The van der Waals surface area contributed by atoms with Gasteiger partial charge in [-0.05, 0) is 13.0 Å². The second-order valence-corrected chi connectivity index (χ2v) is 5.40. The molecule has 1 aliphatic rings. The lowest BCUT2D eigenvalue weighted by Gasteiger charge is -2.23. The number of nitrogens with zero attached hydrogens (tertiary/aromatic N) is 2. The first-order valence-electron chi connectivity index (χ1n) is 7.13. The molecule has 2 aromatic rings. The van der Waals surface area contributed by atoms with Crippen molar-refractivity contribution in [1.29, 1.82) is 0 Å². The summed E-state index contributed by atoms with van der Waals surface area (Å²) >= 11 is 0. The number of methoxy groups -OCH3 is 1. The second kappa shape index (κ2) is 5.76. The number of imidazole rings is 1. The number of likely N-dealkylation sites (tertiary alicyclic amines) is 1. The first kappa shape index (κ1) is 14.5. The number of amides is 1. The van der Waals surface area contributed by atoms with Crippen LogP contribution in [0.4, 0.5) is 0 Å². The van der Waals surface area contributed by atoms with E-state index in [9.17, 15) is 9.59 Å². The zero-order valence-corrected chi connectivity index (χ0v) is 12.5. The van der Waals surface area contributed by atoms with Crippen molar-refractivity contribution in [3.8, 4) is 0 Å². The molecule has 1 aliphatic heterocycles. The first-order chi connectivity index (χ1) is 10.6. The summed E-state index contributed by atoms with van der Waals surface area (Å²) in [6.07, 6.45) is 4.08. The number of aromatic amines is 2. The molecule has 3 rings (SSSR count). The molecule has 1 unspecified atom stereocenters. The Kier molecular flexibility index (Phi) is 3.81. The van der Waals surface area contributed by atoms with Gasteiger partial charge in [0.25, 0.3) is 5.91 Å². The van der Waals surface area contributed by atoms with Crippen molar-refractivity contribution in [1.82, 2.24) is 19.9 Å². The van der Waals surface area contributed by atoms with E-state index in [0.717, 1.165) is 5.82 Å². The Morgan fingerprint density at radius 2 is 2.27 bits per heavy atom. The molecule has 1 saturated heterocycles. The van der Waals surface area contributed by atoms with Crippen LogP contribution in [0.3, 0.4) is 0 Å². The van der Waals surface area contributed by atoms with Gasteiger partial charge in [-0.3, -0.25) is 9.59 Å². The molecular formula is C15H18N4O3. The van der Waals surface area contributed by atoms with Gasteiger partial charge in [-0.25, -0.2) is 4.98 Å². The minimum Gasteiger partial charge on any atom is -0.380 e. The van der Waals surface area contributed by atoms with Gasteiger partial charge < -0.3 is 19.6 Å². The standard InChI is InChI=1S/C15H18N4O3/c1-9-11(3-4-13(20)18-9)15(21)19-8-10(22-2)7-12(19)14-16-5-6-17-14/h3-6,10,12H,7-8H2,1-2H3,(H,16,17)(H,18,20)/t10-,12?/m1/s1. The largest absolute Gasteiger partial charge is 0.380 e. The van der Waals surface area contributed by atoms with Crippen molar-refractivity contribution in [2.24, 2.45) is 0 Å². The van der Waals surface area contributed by atoms with E-state index in [1.54, 1.807) is 37.4 Å². The number of nitrogens with one attached hydrogen (secondary N) is 2. The molecule has 0 radical (unpaired) electrons. The van der Waals surface area contributed by atoms with Crippen LogP contribution in [0.1, 0.15) is 34.3 Å². The number of aryl methyl sites for hydroxylation is 1. The minimum atomic E-state index is -0.215. The molecule has 0 aliphatic carbocycles. The van der Waals surface area contributed by atoms with Crippen LogP contribution in [0, 0.1) is 6.92 Å². The van der Waals surface area contributed by atoms with Crippen molar-refractivity contribution in [3.05, 3.63) is 52.0 Å². The molecule has 22 heavy (non-hydrogen) atoms. The molecule has 116 valence electrons. The Labute approximate surface area is 127 Å². The number of hydrogen-bond donors (Lipinski definition) is 2. The molecule has 7 heteroatoms. The van der Waals surface area contributed by atoms with E-state index in [4.69, 9.17) is 4.74 Å². The van der Waals surface area contributed by atoms with Gasteiger partial charge in [-0.1, -0.05) is 0 Å². The summed E-state index contributed by atoms with van der Waals surface area (Å²) in [4.78, 5) is 35.9. The van der Waals surface area contributed by atoms with Crippen molar-refractivity contribution >= 4 is 5.91 Å². The van der Waals surface area contributed by atoms with Gasteiger partial charge in [0, 0.05) is 44.2 Å². The molecule has 0 bridgehead atoms. The molecule has 2 aromatic heterocycles. The number of aromatic nitrogens is 3. The Morgan fingerprint density at radius 3 is 2.91 bits per heavy atom. The smallest absolute Gasteiger partial charge is 0.256 e. The summed E-state index contributed by atoms with van der Waals surface area (Å²) in [6, 6.07) is 2.78. The fourth-order valence-corrected chi connectivity index (χ4v) is 2.88. The number of hydrogen-bond acceptors (Lipinski definition) is 4. The van der Waals surface area contributed by atoms with Crippen LogP contribution >= 0.6 is 0 Å². The molecule has 0 aromatic carbocycles. The number of carbonyl (C=O) groups is 1. The van der Waals surface area contributed by atoms with Gasteiger partial charge in [0.1, 0.15) is 5.82 Å². The Bertz CT molecular complexity index is 723. The third-order valence-electron chi connectivity index (χ3n) is 4.04. The predicted molar refractivity (Wildman–Crippen MR) is 79.6 cm³/mol. The van der Waals surface area contributed by atoms with Gasteiger partial charge in [-0.2, -0.15) is 0 Å². The first-order valence-corrected chi connectivity index (χ1v) is 7.13. The highest BCUT2D eigenvalue weighted by molar-refractivity contribution is 5.95. The highest BCUT2D eigenvalue weighted by Gasteiger charge is 2.38. The molecule has 1 fully saturated rings. The van der Waals surface area contributed by atoms with Crippen LogP contribution in [0.15, 0.2) is 29.3 Å². The highest BCUT2D eigenvalue weighted by atomic mass is 16.5. The Morgan fingerprint density at radius 1 is 1.45 bits per heavy atom. The third-order valence-corrected chi connectivity index (χ3v) is 4.04. The summed E-state index contributed by atoms with van der Waals surface area (Å²) in [5.74, 6) is 0.615. The van der Waals surface area contributed by atoms with Crippen molar-refractivity contribution < 1.29 is 9.53 Å². The molecule has 7 nitrogen and oxygen atoms in total. The monoisotopic (exact) mass is 302 g/mol. The van der Waals surface area contributed by atoms with Gasteiger partial charge >= 0.3 is 0 Å². The Balaban J connectivity index is 1.93. The average molecular weight is 302 g/mol. The summed E-state index contributed by atoms with van der Waals surface area (Å²) in [6.45, 7) is 2.22. The topological polar surface area (TPSA) is 91.1 Å². The van der Waals surface area contributed by atoms with Gasteiger partial charge in [0.05, 0.1) is 17.7 Å². The van der Waals surface area contributed by atoms with Crippen LogP contribution in [0.25, 0.3) is 0 Å². The lowest BCUT2D eigenvalue weighted by Crippen LogP contribution is -2.33. The third kappa shape index (κ3) is 2.55. The predicted octanol–water partition coefficient (Wildman–Crippen LogP) is 1.01. The van der Waals surface area contributed by atoms with E-state index >= 15 is 0 Å². The Hall–Kier alpha value is -2.41. The highest BCUT2D eigenvalue weighted by Crippen LogP contribution is 2.32. The molecule has 0 spiro atoms. The quantitative estimate of drug-likeness (QED) is 0.885. The maximum atomic E-state index is 12.9. The summed E-state index contributed by atoms with van der Waals surface area (Å²) in [7, 11) is 1.64. The molecule has 1 amide bonds. The van der Waals surface area contributed by atoms with E-state index in [1.807, 2.05) is 0 Å². The molecule has 2 N–H and O–H groups in total. The number of rotatable bonds is 3. The van der Waals surface area contributed by atoms with E-state index in [2.05, 4.69) is 15.0 Å². The maximum absolute atomic E-state index is 12.9. The van der Waals surface area contributed by atoms with Crippen molar-refractivity contribution in [3.63, 3.8) is 0 Å². The second-order valence-electron chi connectivity index (χ2n) is 5.40. The normalized spacial score (nSPS) is 21.3. The minimum absolute atomic E-state index is 0.0258. The fourth-order valence-electron chi connectivity index (χ4n) is 2.88.